The van der Waals surface area contributed by atoms with Crippen LogP contribution in [-0.2, 0) is 21.8 Å². The lowest BCUT2D eigenvalue weighted by atomic mass is 10.7. The molecule has 0 aromatic carbocycles. The van der Waals surface area contributed by atoms with Gasteiger partial charge in [-0.25, -0.2) is 12.5 Å². The molecule has 0 heterocycles. The molecule has 0 aliphatic carbocycles. The number of amides is 1. The second-order valence-corrected chi connectivity index (χ2v) is 4.02. The maximum Gasteiger partial charge on any atom is 0.497 e. The van der Waals surface area contributed by atoms with Gasteiger partial charge in [-0.1, -0.05) is 0 Å². The molecule has 0 rings (SSSR count). The molecule has 1 amide bonds. The highest BCUT2D eigenvalue weighted by Crippen LogP contribution is 2.51. The third-order valence-corrected chi connectivity index (χ3v) is 2.88. The first kappa shape index (κ1) is 12.3. The maximum absolute atomic E-state index is 11.0. The number of phosphoric acid groups is 1. The minimum Gasteiger partial charge on any atom is -0.357 e. The van der Waals surface area contributed by atoms with Gasteiger partial charge in [-0.2, -0.15) is 0 Å². The molecule has 0 fully saturated rings. The van der Waals surface area contributed by atoms with E-state index >= 15 is 0 Å². The molecule has 0 aliphatic rings. The molecule has 0 aromatic rings. The van der Waals surface area contributed by atoms with Gasteiger partial charge >= 0.3 is 7.82 Å². The summed E-state index contributed by atoms with van der Waals surface area (Å²) in [7, 11) is -2.38. The predicted octanol–water partition coefficient (Wildman–Crippen LogP) is 0.580. The Hall–Kier alpha value is 0.280. The highest BCUT2D eigenvalue weighted by atomic mass is 32.1. The van der Waals surface area contributed by atoms with Gasteiger partial charge in [-0.15, -0.1) is 0 Å². The zero-order valence-corrected chi connectivity index (χ0v) is 8.77. The van der Waals surface area contributed by atoms with Gasteiger partial charge in [0.15, 0.2) is 0 Å². The number of rotatable bonds is 5. The molecule has 1 N–H and O–H groups in total. The lowest BCUT2D eigenvalue weighted by Gasteiger charge is -2.09. The summed E-state index contributed by atoms with van der Waals surface area (Å²) in [5.74, 6) is -0.467. The smallest absolute Gasteiger partial charge is 0.357 e. The van der Waals surface area contributed by atoms with Gasteiger partial charge in [0.1, 0.15) is 6.61 Å². The van der Waals surface area contributed by atoms with Crippen molar-refractivity contribution >= 4 is 39.5 Å². The third-order valence-electron chi connectivity index (χ3n) is 0.833. The molecule has 0 unspecified atom stereocenters. The summed E-state index contributed by atoms with van der Waals surface area (Å²) in [6.45, 7) is -0.450. The van der Waals surface area contributed by atoms with Crippen molar-refractivity contribution in [1.82, 2.24) is 5.32 Å². The van der Waals surface area contributed by atoms with Crippen LogP contribution >= 0.6 is 33.6 Å². The molecule has 0 saturated heterocycles. The first-order valence-electron chi connectivity index (χ1n) is 2.69. The van der Waals surface area contributed by atoms with Gasteiger partial charge in [0, 0.05) is 7.05 Å². The number of hydrogen-bond donors (Lipinski definition) is 3. The van der Waals surface area contributed by atoms with Gasteiger partial charge in [0.25, 0.3) is 0 Å². The quantitative estimate of drug-likeness (QED) is 0.368. The van der Waals surface area contributed by atoms with Crippen LogP contribution in [0.5, 0.6) is 0 Å². The molecular weight excluding hydrogens is 225 g/mol. The van der Waals surface area contributed by atoms with E-state index in [9.17, 15) is 9.36 Å². The Morgan fingerprint density at radius 3 is 2.33 bits per heavy atom. The van der Waals surface area contributed by atoms with Gasteiger partial charge in [-0.3, -0.25) is 9.32 Å². The first-order valence-corrected chi connectivity index (χ1v) is 4.88. The molecule has 0 bridgehead atoms. The average Bonchev–Trinajstić information content (AvgIpc) is 2.13. The van der Waals surface area contributed by atoms with E-state index in [1.165, 1.54) is 7.05 Å². The Morgan fingerprint density at radius 2 is 2.00 bits per heavy atom. The fourth-order valence-electron chi connectivity index (χ4n) is 0.272. The minimum atomic E-state index is -3.78. The van der Waals surface area contributed by atoms with E-state index in [0.29, 0.717) is 0 Å². The predicted molar refractivity (Wildman–Crippen MR) is 47.8 cm³/mol. The van der Waals surface area contributed by atoms with Crippen LogP contribution in [-0.4, -0.2) is 19.6 Å². The summed E-state index contributed by atoms with van der Waals surface area (Å²) < 4.78 is 23.5. The molecule has 0 aliphatic heterocycles. The molecule has 0 atom stereocenters. The van der Waals surface area contributed by atoms with Crippen LogP contribution in [0.15, 0.2) is 0 Å². The zero-order chi connectivity index (χ0) is 9.61. The fourth-order valence-corrected chi connectivity index (χ4v) is 1.31. The molecule has 9 heteroatoms. The standard InChI is InChI=1S/C3H8NO5PS2/c1-4-3(5)2-7-10(6,8-11)9-12/h11-12H,2H2,1H3,(H,4,5). The number of carbonyl (C=O) groups is 1. The number of nitrogens with one attached hydrogen (secondary N) is 1. The molecule has 0 radical (unpaired) electrons. The van der Waals surface area contributed by atoms with Crippen molar-refractivity contribution in [2.45, 2.75) is 0 Å². The summed E-state index contributed by atoms with van der Waals surface area (Å²) in [6, 6.07) is 0. The number of likely N-dealkylation sites (N-methyl/N-ethyl adjacent to an activating group) is 1. The van der Waals surface area contributed by atoms with Gasteiger partial charge in [0.05, 0.1) is 0 Å². The zero-order valence-electron chi connectivity index (χ0n) is 6.09. The summed E-state index contributed by atoms with van der Waals surface area (Å²) in [4.78, 5) is 10.6. The minimum absolute atomic E-state index is 0.450. The summed E-state index contributed by atoms with van der Waals surface area (Å²) in [5, 5.41) is 2.24. The largest absolute Gasteiger partial charge is 0.497 e. The van der Waals surface area contributed by atoms with Crippen LogP contribution < -0.4 is 5.32 Å². The lowest BCUT2D eigenvalue weighted by molar-refractivity contribution is -0.122. The van der Waals surface area contributed by atoms with E-state index in [1.807, 2.05) is 0 Å². The van der Waals surface area contributed by atoms with Crippen molar-refractivity contribution < 1.29 is 21.8 Å². The number of carbonyl (C=O) groups excluding carboxylic acids is 1. The van der Waals surface area contributed by atoms with Gasteiger partial charge in [-0.05, 0) is 25.8 Å². The lowest BCUT2D eigenvalue weighted by Crippen LogP contribution is -2.22. The van der Waals surface area contributed by atoms with E-state index in [0.717, 1.165) is 0 Å². The van der Waals surface area contributed by atoms with Crippen molar-refractivity contribution in [2.75, 3.05) is 13.7 Å². The topological polar surface area (TPSA) is 73.9 Å². The van der Waals surface area contributed by atoms with Crippen molar-refractivity contribution in [2.24, 2.45) is 0 Å². The van der Waals surface area contributed by atoms with Crippen molar-refractivity contribution in [3.8, 4) is 0 Å². The van der Waals surface area contributed by atoms with E-state index in [1.54, 1.807) is 0 Å². The number of thiol groups is 2. The van der Waals surface area contributed by atoms with Crippen LogP contribution in [0, 0.1) is 0 Å². The molecular formula is C3H8NO5PS2. The molecule has 0 aromatic heterocycles. The monoisotopic (exact) mass is 233 g/mol. The molecule has 0 spiro atoms. The highest BCUT2D eigenvalue weighted by Gasteiger charge is 2.25. The van der Waals surface area contributed by atoms with Gasteiger partial charge < -0.3 is 5.32 Å². The third kappa shape index (κ3) is 4.34. The molecule has 6 nitrogen and oxygen atoms in total. The van der Waals surface area contributed by atoms with Crippen LogP contribution in [0.2, 0.25) is 0 Å². The normalized spacial score (nSPS) is 11.2. The van der Waals surface area contributed by atoms with Crippen LogP contribution in [0.1, 0.15) is 0 Å². The fraction of sp³-hybridized carbons (Fsp3) is 0.667. The molecule has 0 saturated carbocycles. The summed E-state index contributed by atoms with van der Waals surface area (Å²) >= 11 is 6.44. The summed E-state index contributed by atoms with van der Waals surface area (Å²) in [5.41, 5.74) is 0. The second kappa shape index (κ2) is 5.85. The van der Waals surface area contributed by atoms with Gasteiger partial charge in [0.2, 0.25) is 5.91 Å². The van der Waals surface area contributed by atoms with Crippen LogP contribution in [0.4, 0.5) is 0 Å². The molecule has 72 valence electrons. The van der Waals surface area contributed by atoms with Crippen molar-refractivity contribution in [3.05, 3.63) is 0 Å². The second-order valence-electron chi connectivity index (χ2n) is 1.56. The first-order chi connectivity index (χ1) is 5.58. The Bertz CT molecular complexity index is 191. The maximum atomic E-state index is 11.0. The van der Waals surface area contributed by atoms with Crippen molar-refractivity contribution in [1.29, 1.82) is 0 Å². The van der Waals surface area contributed by atoms with Crippen LogP contribution in [0.25, 0.3) is 0 Å². The van der Waals surface area contributed by atoms with E-state index in [-0.39, 0.29) is 0 Å². The number of hydrogen-bond acceptors (Lipinski definition) is 7. The Morgan fingerprint density at radius 1 is 1.50 bits per heavy atom. The van der Waals surface area contributed by atoms with Crippen molar-refractivity contribution in [3.63, 3.8) is 0 Å². The molecule has 12 heavy (non-hydrogen) atoms. The average molecular weight is 233 g/mol. The van der Waals surface area contributed by atoms with E-state index < -0.39 is 20.3 Å². The van der Waals surface area contributed by atoms with E-state index in [4.69, 9.17) is 0 Å². The van der Waals surface area contributed by atoms with Crippen LogP contribution in [0.3, 0.4) is 0 Å². The summed E-state index contributed by atoms with van der Waals surface area (Å²) in [6.07, 6.45) is 0. The Labute approximate surface area is 80.8 Å². The SMILES string of the molecule is CNC(=O)COP(=O)(OS)OS. The highest BCUT2D eigenvalue weighted by molar-refractivity contribution is 7.85. The van der Waals surface area contributed by atoms with E-state index in [2.05, 4.69) is 43.6 Å². The Balaban J connectivity index is 3.89. The Kier molecular flexibility index (Phi) is 5.98.